The summed E-state index contributed by atoms with van der Waals surface area (Å²) in [5.41, 5.74) is 9.39. The Labute approximate surface area is 127 Å². The lowest BCUT2D eigenvalue weighted by atomic mass is 10.1. The zero-order valence-corrected chi connectivity index (χ0v) is 13.7. The number of nitrogen functional groups attached to an aromatic ring is 1. The molecule has 3 heterocycles. The first-order valence-corrected chi connectivity index (χ1v) is 8.19. The van der Waals surface area contributed by atoms with Crippen molar-refractivity contribution in [3.8, 4) is 21.0 Å². The highest BCUT2D eigenvalue weighted by Gasteiger charge is 2.20. The van der Waals surface area contributed by atoms with Crippen LogP contribution >= 0.6 is 38.6 Å². The highest BCUT2D eigenvalue weighted by Crippen LogP contribution is 2.42. The molecule has 98 valence electrons. The molecule has 0 radical (unpaired) electrons. The maximum atomic E-state index is 6.18. The Morgan fingerprint density at radius 1 is 1.37 bits per heavy atom. The number of rotatable bonds is 2. The van der Waals surface area contributed by atoms with E-state index in [0.29, 0.717) is 5.82 Å². The first-order chi connectivity index (χ1) is 9.08. The normalized spacial score (nSPS) is 11.1. The molecule has 2 N–H and O–H groups in total. The van der Waals surface area contributed by atoms with Gasteiger partial charge in [-0.2, -0.15) is 5.10 Å². The van der Waals surface area contributed by atoms with E-state index >= 15 is 0 Å². The van der Waals surface area contributed by atoms with E-state index in [2.05, 4.69) is 45.5 Å². The molecule has 3 aromatic rings. The Hall–Kier alpha value is -1.11. The molecule has 0 fully saturated rings. The Morgan fingerprint density at radius 2 is 2.16 bits per heavy atom. The minimum absolute atomic E-state index is 0.708. The van der Waals surface area contributed by atoms with Crippen LogP contribution in [0.4, 0.5) is 5.82 Å². The van der Waals surface area contributed by atoms with Crippen LogP contribution in [0.1, 0.15) is 5.56 Å². The molecule has 3 nitrogen and oxygen atoms in total. The number of hydrogen-bond acceptors (Lipinski definition) is 4. The van der Waals surface area contributed by atoms with E-state index in [9.17, 15) is 0 Å². The Morgan fingerprint density at radius 3 is 2.74 bits per heavy atom. The summed E-state index contributed by atoms with van der Waals surface area (Å²) in [5, 5.41) is 6.64. The number of thiophene rings is 2. The van der Waals surface area contributed by atoms with Gasteiger partial charge in [0.2, 0.25) is 0 Å². The quantitative estimate of drug-likeness (QED) is 0.735. The molecule has 19 heavy (non-hydrogen) atoms. The highest BCUT2D eigenvalue weighted by molar-refractivity contribution is 9.11. The fourth-order valence-corrected chi connectivity index (χ4v) is 4.26. The van der Waals surface area contributed by atoms with Gasteiger partial charge in [0.05, 0.1) is 14.2 Å². The standard InChI is InChI=1S/C13H12BrN3S2/c1-7-6-9(19-12(7)14)11-10(8-4-3-5-18-8)13(15)17(2)16-11/h3-6H,15H2,1-2H3. The minimum atomic E-state index is 0.708. The molecule has 6 heteroatoms. The van der Waals surface area contributed by atoms with Crippen LogP contribution in [-0.2, 0) is 7.05 Å². The van der Waals surface area contributed by atoms with Gasteiger partial charge in [-0.05, 0) is 45.9 Å². The third-order valence-corrected chi connectivity index (χ3v) is 5.98. The van der Waals surface area contributed by atoms with Gasteiger partial charge in [0.25, 0.3) is 0 Å². The van der Waals surface area contributed by atoms with Crippen molar-refractivity contribution in [2.45, 2.75) is 6.92 Å². The van der Waals surface area contributed by atoms with Crippen LogP contribution in [0.5, 0.6) is 0 Å². The Bertz CT molecular complexity index is 706. The van der Waals surface area contributed by atoms with Crippen molar-refractivity contribution in [1.29, 1.82) is 0 Å². The Kier molecular flexibility index (Phi) is 3.24. The van der Waals surface area contributed by atoms with Crippen LogP contribution in [0.2, 0.25) is 0 Å². The molecule has 0 amide bonds. The molecule has 0 aromatic carbocycles. The van der Waals surface area contributed by atoms with E-state index in [1.807, 2.05) is 13.1 Å². The third-order valence-electron chi connectivity index (χ3n) is 2.95. The van der Waals surface area contributed by atoms with E-state index in [-0.39, 0.29) is 0 Å². The second-order valence-electron chi connectivity index (χ2n) is 4.28. The molecule has 0 atom stereocenters. The van der Waals surface area contributed by atoms with Gasteiger partial charge < -0.3 is 5.73 Å². The maximum Gasteiger partial charge on any atom is 0.130 e. The van der Waals surface area contributed by atoms with Crippen molar-refractivity contribution in [2.75, 3.05) is 5.73 Å². The van der Waals surface area contributed by atoms with E-state index < -0.39 is 0 Å². The summed E-state index contributed by atoms with van der Waals surface area (Å²) in [7, 11) is 1.88. The van der Waals surface area contributed by atoms with Crippen LogP contribution in [0, 0.1) is 6.92 Å². The topological polar surface area (TPSA) is 43.8 Å². The van der Waals surface area contributed by atoms with Gasteiger partial charge in [0, 0.05) is 11.9 Å². The number of aromatic nitrogens is 2. The van der Waals surface area contributed by atoms with Gasteiger partial charge in [-0.1, -0.05) is 6.07 Å². The molecule has 0 unspecified atom stereocenters. The third kappa shape index (κ3) is 2.13. The van der Waals surface area contributed by atoms with Gasteiger partial charge in [0.15, 0.2) is 0 Å². The summed E-state index contributed by atoms with van der Waals surface area (Å²) in [6.07, 6.45) is 0. The molecular weight excluding hydrogens is 342 g/mol. The second-order valence-corrected chi connectivity index (χ2v) is 7.59. The Balaban J connectivity index is 2.24. The van der Waals surface area contributed by atoms with Gasteiger partial charge >= 0.3 is 0 Å². The number of nitrogens with zero attached hydrogens (tertiary/aromatic N) is 2. The van der Waals surface area contributed by atoms with Crippen molar-refractivity contribution in [2.24, 2.45) is 7.05 Å². The summed E-state index contributed by atoms with van der Waals surface area (Å²) in [6, 6.07) is 6.26. The second kappa shape index (κ2) is 4.77. The minimum Gasteiger partial charge on any atom is -0.383 e. The molecule has 0 aliphatic carbocycles. The van der Waals surface area contributed by atoms with Gasteiger partial charge in [-0.15, -0.1) is 22.7 Å². The van der Waals surface area contributed by atoms with Crippen molar-refractivity contribution >= 4 is 44.4 Å². The number of hydrogen-bond donors (Lipinski definition) is 1. The zero-order chi connectivity index (χ0) is 13.6. The van der Waals surface area contributed by atoms with Gasteiger partial charge in [0.1, 0.15) is 11.5 Å². The van der Waals surface area contributed by atoms with E-state index in [4.69, 9.17) is 5.73 Å². The first-order valence-electron chi connectivity index (χ1n) is 5.70. The summed E-state index contributed by atoms with van der Waals surface area (Å²) < 4.78 is 2.89. The number of nitrogens with two attached hydrogens (primary N) is 1. The van der Waals surface area contributed by atoms with Crippen molar-refractivity contribution in [3.05, 3.63) is 32.9 Å². The molecule has 3 rings (SSSR count). The van der Waals surface area contributed by atoms with Crippen molar-refractivity contribution in [3.63, 3.8) is 0 Å². The number of aryl methyl sites for hydroxylation is 2. The lowest BCUT2D eigenvalue weighted by molar-refractivity contribution is 0.783. The molecule has 0 aliphatic rings. The van der Waals surface area contributed by atoms with Gasteiger partial charge in [-0.3, -0.25) is 4.68 Å². The lowest BCUT2D eigenvalue weighted by Crippen LogP contribution is -1.97. The predicted molar refractivity (Wildman–Crippen MR) is 86.7 cm³/mol. The SMILES string of the molecule is Cc1cc(-c2nn(C)c(N)c2-c2cccs2)sc1Br. The van der Waals surface area contributed by atoms with Crippen molar-refractivity contribution in [1.82, 2.24) is 9.78 Å². The largest absolute Gasteiger partial charge is 0.383 e. The zero-order valence-electron chi connectivity index (χ0n) is 10.5. The molecular formula is C13H12BrN3S2. The van der Waals surface area contributed by atoms with Crippen molar-refractivity contribution < 1.29 is 0 Å². The van der Waals surface area contributed by atoms with Gasteiger partial charge in [-0.25, -0.2) is 0 Å². The molecule has 0 aliphatic heterocycles. The highest BCUT2D eigenvalue weighted by atomic mass is 79.9. The molecule has 3 aromatic heterocycles. The van der Waals surface area contributed by atoms with E-state index in [1.54, 1.807) is 27.4 Å². The van der Waals surface area contributed by atoms with Crippen LogP contribution in [0.15, 0.2) is 27.4 Å². The van der Waals surface area contributed by atoms with Crippen LogP contribution < -0.4 is 5.73 Å². The van der Waals surface area contributed by atoms with E-state index in [0.717, 1.165) is 24.8 Å². The maximum absolute atomic E-state index is 6.18. The average molecular weight is 354 g/mol. The summed E-state index contributed by atoms with van der Waals surface area (Å²) >= 11 is 6.94. The number of halogens is 1. The molecule has 0 saturated carbocycles. The van der Waals surface area contributed by atoms with Crippen LogP contribution in [0.3, 0.4) is 0 Å². The van der Waals surface area contributed by atoms with Crippen LogP contribution in [0.25, 0.3) is 21.0 Å². The molecule has 0 bridgehead atoms. The fraction of sp³-hybridized carbons (Fsp3) is 0.154. The smallest absolute Gasteiger partial charge is 0.130 e. The monoisotopic (exact) mass is 353 g/mol. The summed E-state index contributed by atoms with van der Waals surface area (Å²) in [4.78, 5) is 2.29. The molecule has 0 spiro atoms. The summed E-state index contributed by atoms with van der Waals surface area (Å²) in [6.45, 7) is 2.08. The van der Waals surface area contributed by atoms with Crippen LogP contribution in [-0.4, -0.2) is 9.78 Å². The lowest BCUT2D eigenvalue weighted by Gasteiger charge is -1.99. The predicted octanol–water partition coefficient (Wildman–Crippen LogP) is 4.53. The molecule has 0 saturated heterocycles. The van der Waals surface area contributed by atoms with E-state index in [1.165, 1.54) is 5.56 Å². The first kappa shape index (κ1) is 12.9. The average Bonchev–Trinajstić information content (AvgIpc) is 3.04. The summed E-state index contributed by atoms with van der Waals surface area (Å²) in [5.74, 6) is 0.708. The fourth-order valence-electron chi connectivity index (χ4n) is 1.95. The number of anilines is 1.